The number of hydrogen-bond acceptors (Lipinski definition) is 1. The van der Waals surface area contributed by atoms with E-state index in [-0.39, 0.29) is 38.8 Å². The molecular weight excluding hydrogens is 261 g/mol. The van der Waals surface area contributed by atoms with Crippen molar-refractivity contribution in [1.82, 2.24) is 0 Å². The molecule has 1 nitrogen and oxygen atoms in total. The van der Waals surface area contributed by atoms with Crippen molar-refractivity contribution in [2.75, 3.05) is 0 Å². The zero-order chi connectivity index (χ0) is 10.6. The number of rotatable bonds is 4. The molecule has 0 aliphatic carbocycles. The molecular formula is C13H18OY-2. The van der Waals surface area contributed by atoms with E-state index >= 15 is 0 Å². The van der Waals surface area contributed by atoms with Gasteiger partial charge in [0, 0.05) is 32.7 Å². The summed E-state index contributed by atoms with van der Waals surface area (Å²) in [5, 5.41) is 9.79. The van der Waals surface area contributed by atoms with Gasteiger partial charge in [-0.15, -0.1) is 12.1 Å². The van der Waals surface area contributed by atoms with Gasteiger partial charge in [0.1, 0.15) is 0 Å². The Morgan fingerprint density at radius 2 is 2.07 bits per heavy atom. The topological polar surface area (TPSA) is 20.2 Å². The second-order valence-electron chi connectivity index (χ2n) is 3.58. The first kappa shape index (κ1) is 15.2. The molecule has 15 heavy (non-hydrogen) atoms. The summed E-state index contributed by atoms with van der Waals surface area (Å²) in [7, 11) is 0. The third-order valence-corrected chi connectivity index (χ3v) is 2.45. The fraction of sp³-hybridized carbons (Fsp3) is 0.385. The fourth-order valence-corrected chi connectivity index (χ4v) is 1.53. The molecule has 1 N–H and O–H groups in total. The van der Waals surface area contributed by atoms with Crippen LogP contribution in [0.4, 0.5) is 0 Å². The van der Waals surface area contributed by atoms with Gasteiger partial charge in [0.25, 0.3) is 0 Å². The number of aliphatic hydroxyl groups is 1. The van der Waals surface area contributed by atoms with Crippen molar-refractivity contribution < 1.29 is 37.8 Å². The zero-order valence-electron chi connectivity index (χ0n) is 9.37. The smallest absolute Gasteiger partial charge is 0.0769 e. The molecule has 1 atom stereocenters. The molecule has 1 rings (SSSR count). The van der Waals surface area contributed by atoms with Gasteiger partial charge in [-0.25, -0.2) is 6.42 Å². The van der Waals surface area contributed by atoms with E-state index in [0.29, 0.717) is 0 Å². The standard InChI is InChI=1S/C13H18O.Y/c1-4-6-13(14)12-8-7-10(3)11(5-2)9-12;/h7-9,13-14H,2-6H2,1H3;/q-2;. The minimum absolute atomic E-state index is 0. The van der Waals surface area contributed by atoms with Crippen LogP contribution in [0.3, 0.4) is 0 Å². The average molecular weight is 279 g/mol. The van der Waals surface area contributed by atoms with Gasteiger partial charge in [-0.1, -0.05) is 13.3 Å². The Hall–Kier alpha value is 0.154. The molecule has 0 amide bonds. The third-order valence-electron chi connectivity index (χ3n) is 2.45. The maximum absolute atomic E-state index is 9.79. The summed E-state index contributed by atoms with van der Waals surface area (Å²) in [6, 6.07) is 5.91. The van der Waals surface area contributed by atoms with E-state index in [4.69, 9.17) is 0 Å². The third kappa shape index (κ3) is 4.26. The van der Waals surface area contributed by atoms with Crippen molar-refractivity contribution >= 4 is 0 Å². The molecule has 1 unspecified atom stereocenters. The van der Waals surface area contributed by atoms with Gasteiger partial charge in [0.2, 0.25) is 0 Å². The molecule has 0 aliphatic rings. The number of hydrogen-bond donors (Lipinski definition) is 1. The largest absolute Gasteiger partial charge is 0.389 e. The van der Waals surface area contributed by atoms with Crippen LogP contribution in [0.25, 0.3) is 0 Å². The second-order valence-corrected chi connectivity index (χ2v) is 3.58. The van der Waals surface area contributed by atoms with Crippen LogP contribution in [-0.2, 0) is 39.1 Å². The van der Waals surface area contributed by atoms with E-state index in [2.05, 4.69) is 20.8 Å². The first-order valence-corrected chi connectivity index (χ1v) is 5.11. The maximum atomic E-state index is 9.79. The summed E-state index contributed by atoms with van der Waals surface area (Å²) in [5.41, 5.74) is 3.11. The van der Waals surface area contributed by atoms with Crippen LogP contribution in [0.5, 0.6) is 0 Å². The van der Waals surface area contributed by atoms with Gasteiger partial charge in [-0.05, 0) is 12.0 Å². The van der Waals surface area contributed by atoms with Crippen LogP contribution >= 0.6 is 0 Å². The molecule has 0 bridgehead atoms. The number of aliphatic hydroxyl groups excluding tert-OH is 1. The van der Waals surface area contributed by atoms with Gasteiger partial charge in [0.15, 0.2) is 0 Å². The summed E-state index contributed by atoms with van der Waals surface area (Å²) in [6.45, 7) is 9.83. The molecule has 0 heterocycles. The van der Waals surface area contributed by atoms with Crippen LogP contribution in [0.2, 0.25) is 0 Å². The molecule has 0 fully saturated rings. The van der Waals surface area contributed by atoms with Crippen LogP contribution < -0.4 is 0 Å². The zero-order valence-corrected chi connectivity index (χ0v) is 12.2. The molecule has 1 radical (unpaired) electrons. The van der Waals surface area contributed by atoms with Crippen molar-refractivity contribution in [1.29, 1.82) is 0 Å². The normalized spacial score (nSPS) is 11.9. The maximum Gasteiger partial charge on any atom is 0.0769 e. The van der Waals surface area contributed by atoms with Crippen LogP contribution in [-0.4, -0.2) is 5.11 Å². The average Bonchev–Trinajstić information content (AvgIpc) is 2.19. The van der Waals surface area contributed by atoms with E-state index in [0.717, 1.165) is 36.0 Å². The van der Waals surface area contributed by atoms with Crippen molar-refractivity contribution in [2.24, 2.45) is 0 Å². The van der Waals surface area contributed by atoms with Gasteiger partial charge < -0.3 is 12.0 Å². The molecule has 81 valence electrons. The van der Waals surface area contributed by atoms with E-state index in [1.54, 1.807) is 0 Å². The quantitative estimate of drug-likeness (QED) is 0.840. The summed E-state index contributed by atoms with van der Waals surface area (Å²) < 4.78 is 0. The Morgan fingerprint density at radius 1 is 1.40 bits per heavy atom. The fourth-order valence-electron chi connectivity index (χ4n) is 1.53. The monoisotopic (exact) mass is 279 g/mol. The van der Waals surface area contributed by atoms with Crippen LogP contribution in [0, 0.1) is 13.8 Å². The molecule has 0 spiro atoms. The molecule has 0 saturated carbocycles. The van der Waals surface area contributed by atoms with E-state index in [1.807, 2.05) is 18.2 Å². The minimum Gasteiger partial charge on any atom is -0.389 e. The van der Waals surface area contributed by atoms with Crippen molar-refractivity contribution in [3.8, 4) is 0 Å². The Bertz CT molecular complexity index is 297. The first-order chi connectivity index (χ1) is 6.69. The Labute approximate surface area is 118 Å². The van der Waals surface area contributed by atoms with Gasteiger partial charge in [0.05, 0.1) is 6.10 Å². The van der Waals surface area contributed by atoms with Crippen molar-refractivity contribution in [3.05, 3.63) is 48.7 Å². The molecule has 0 aromatic heterocycles. The molecule has 1 aromatic carbocycles. The Morgan fingerprint density at radius 3 is 2.60 bits per heavy atom. The van der Waals surface area contributed by atoms with E-state index < -0.39 is 0 Å². The molecule has 0 aliphatic heterocycles. The van der Waals surface area contributed by atoms with Crippen molar-refractivity contribution in [2.45, 2.75) is 32.3 Å². The van der Waals surface area contributed by atoms with Crippen LogP contribution in [0.15, 0.2) is 18.2 Å². The SMILES string of the molecule is [CH2-]Cc1cc(C(O)CCC)ccc1[CH2-].[Y]. The van der Waals surface area contributed by atoms with E-state index in [9.17, 15) is 5.11 Å². The predicted molar refractivity (Wildman–Crippen MR) is 59.8 cm³/mol. The molecule has 0 saturated heterocycles. The first-order valence-electron chi connectivity index (χ1n) is 5.11. The summed E-state index contributed by atoms with van der Waals surface area (Å²) >= 11 is 0. The molecule has 1 aromatic rings. The van der Waals surface area contributed by atoms with Crippen molar-refractivity contribution in [3.63, 3.8) is 0 Å². The summed E-state index contributed by atoms with van der Waals surface area (Å²) in [4.78, 5) is 0. The van der Waals surface area contributed by atoms with Gasteiger partial charge in [-0.2, -0.15) is 24.1 Å². The summed E-state index contributed by atoms with van der Waals surface area (Å²) in [6.07, 6.45) is 2.19. The van der Waals surface area contributed by atoms with Gasteiger partial charge in [-0.3, -0.25) is 0 Å². The molecule has 2 heteroatoms. The minimum atomic E-state index is -0.342. The summed E-state index contributed by atoms with van der Waals surface area (Å²) in [5.74, 6) is 0. The Kier molecular flexibility index (Phi) is 7.51. The number of benzene rings is 1. The second kappa shape index (κ2) is 7.43. The van der Waals surface area contributed by atoms with Gasteiger partial charge >= 0.3 is 0 Å². The van der Waals surface area contributed by atoms with Crippen LogP contribution in [0.1, 0.15) is 42.6 Å². The van der Waals surface area contributed by atoms with E-state index in [1.165, 1.54) is 0 Å². The Balaban J connectivity index is 0.00000196. The predicted octanol–water partition coefficient (Wildman–Crippen LogP) is 3.08.